The molecule has 0 aliphatic heterocycles. The Morgan fingerprint density at radius 2 is 1.90 bits per heavy atom. The van der Waals surface area contributed by atoms with Gasteiger partial charge in [-0.25, -0.2) is 14.8 Å². The second-order valence-corrected chi connectivity index (χ2v) is 6.92. The lowest BCUT2D eigenvalue weighted by molar-refractivity contribution is 0.0696. The summed E-state index contributed by atoms with van der Waals surface area (Å²) in [5, 5.41) is 9.12. The number of carboxylic acids is 1. The number of rotatable bonds is 7. The molecule has 1 N–H and O–H groups in total. The smallest absolute Gasteiger partial charge is 0.335 e. The quantitative estimate of drug-likeness (QED) is 0.476. The van der Waals surface area contributed by atoms with E-state index in [-0.39, 0.29) is 12.2 Å². The average Bonchev–Trinajstić information content (AvgIpc) is 3.09. The molecule has 4 rings (SSSR count). The van der Waals surface area contributed by atoms with Crippen molar-refractivity contribution in [1.82, 2.24) is 14.5 Å². The van der Waals surface area contributed by atoms with Crippen molar-refractivity contribution in [1.29, 1.82) is 0 Å². The average molecular weight is 419 g/mol. The number of hydrogen-bond acceptors (Lipinski definition) is 6. The molecule has 0 aliphatic carbocycles. The molecule has 0 radical (unpaired) electrons. The van der Waals surface area contributed by atoms with Gasteiger partial charge in [0.1, 0.15) is 23.9 Å². The highest BCUT2D eigenvalue weighted by Crippen LogP contribution is 2.31. The first kappa shape index (κ1) is 20.2. The molecule has 0 unspecified atom stereocenters. The Balaban J connectivity index is 1.56. The molecule has 0 atom stereocenters. The first-order chi connectivity index (χ1) is 14.9. The van der Waals surface area contributed by atoms with Crippen LogP contribution in [0.2, 0.25) is 0 Å². The number of methoxy groups -OCH3 is 1. The summed E-state index contributed by atoms with van der Waals surface area (Å²) in [4.78, 5) is 20.1. The summed E-state index contributed by atoms with van der Waals surface area (Å²) < 4.78 is 18.9. The minimum Gasteiger partial charge on any atom is -0.486 e. The number of aromatic nitrogens is 3. The highest BCUT2D eigenvalue weighted by atomic mass is 16.5. The molecule has 0 fully saturated rings. The Kier molecular flexibility index (Phi) is 5.44. The number of aromatic carboxylic acids is 1. The molecule has 2 heterocycles. The molecule has 2 aromatic carbocycles. The van der Waals surface area contributed by atoms with Crippen molar-refractivity contribution >= 4 is 17.0 Å². The van der Waals surface area contributed by atoms with Crippen molar-refractivity contribution in [2.24, 2.45) is 7.05 Å². The first-order valence-corrected chi connectivity index (χ1v) is 9.55. The molecule has 2 aromatic heterocycles. The van der Waals surface area contributed by atoms with Gasteiger partial charge in [0.25, 0.3) is 5.88 Å². The second-order valence-electron chi connectivity index (χ2n) is 6.92. The molecule has 0 saturated carbocycles. The minimum atomic E-state index is -0.999. The molecular weight excluding hydrogens is 398 g/mol. The van der Waals surface area contributed by atoms with Crippen LogP contribution in [0, 0.1) is 6.92 Å². The Morgan fingerprint density at radius 3 is 2.68 bits per heavy atom. The van der Waals surface area contributed by atoms with Gasteiger partial charge >= 0.3 is 5.97 Å². The van der Waals surface area contributed by atoms with Crippen molar-refractivity contribution in [3.63, 3.8) is 0 Å². The number of fused-ring (bicyclic) bond motifs is 1. The van der Waals surface area contributed by atoms with Gasteiger partial charge in [-0.2, -0.15) is 0 Å². The SMILES string of the molecule is COc1nc(C)ccc1Oc1ccc2nc(COc3cccc(C(=O)O)c3)n(C)c2c1. The number of ether oxygens (including phenoxy) is 3. The maximum atomic E-state index is 11.1. The first-order valence-electron chi connectivity index (χ1n) is 9.55. The number of aryl methyl sites for hydroxylation is 2. The molecule has 0 saturated heterocycles. The van der Waals surface area contributed by atoms with E-state index in [9.17, 15) is 4.79 Å². The van der Waals surface area contributed by atoms with Gasteiger partial charge in [-0.3, -0.25) is 0 Å². The van der Waals surface area contributed by atoms with Crippen molar-refractivity contribution in [2.75, 3.05) is 7.11 Å². The molecule has 4 aromatic rings. The Morgan fingerprint density at radius 1 is 1.06 bits per heavy atom. The van der Waals surface area contributed by atoms with Crippen LogP contribution in [-0.4, -0.2) is 32.7 Å². The monoisotopic (exact) mass is 419 g/mol. The summed E-state index contributed by atoms with van der Waals surface area (Å²) in [6.07, 6.45) is 0. The van der Waals surface area contributed by atoms with Gasteiger partial charge in [0.2, 0.25) is 0 Å². The van der Waals surface area contributed by atoms with Crippen LogP contribution in [0.5, 0.6) is 23.1 Å². The number of imidazole rings is 1. The number of nitrogens with zero attached hydrogens (tertiary/aromatic N) is 3. The van der Waals surface area contributed by atoms with E-state index in [0.717, 1.165) is 16.7 Å². The normalized spacial score (nSPS) is 10.8. The number of carboxylic acid groups (broad SMARTS) is 1. The van der Waals surface area contributed by atoms with E-state index in [0.29, 0.717) is 29.0 Å². The van der Waals surface area contributed by atoms with Crippen molar-refractivity contribution in [3.05, 3.63) is 71.7 Å². The number of carbonyl (C=O) groups is 1. The molecule has 31 heavy (non-hydrogen) atoms. The Hall–Kier alpha value is -4.07. The fraction of sp³-hybridized carbons (Fsp3) is 0.174. The van der Waals surface area contributed by atoms with Crippen LogP contribution in [0.1, 0.15) is 21.9 Å². The van der Waals surface area contributed by atoms with Gasteiger partial charge in [0.05, 0.1) is 23.7 Å². The van der Waals surface area contributed by atoms with E-state index in [1.165, 1.54) is 12.1 Å². The van der Waals surface area contributed by atoms with E-state index >= 15 is 0 Å². The zero-order valence-corrected chi connectivity index (χ0v) is 17.3. The van der Waals surface area contributed by atoms with Crippen LogP contribution < -0.4 is 14.2 Å². The minimum absolute atomic E-state index is 0.172. The summed E-state index contributed by atoms with van der Waals surface area (Å²) in [5.41, 5.74) is 2.67. The zero-order valence-electron chi connectivity index (χ0n) is 17.3. The predicted molar refractivity (Wildman–Crippen MR) is 114 cm³/mol. The highest BCUT2D eigenvalue weighted by Gasteiger charge is 2.13. The molecule has 0 amide bonds. The molecule has 8 heteroatoms. The molecule has 0 aliphatic rings. The van der Waals surface area contributed by atoms with E-state index in [1.807, 2.05) is 48.9 Å². The van der Waals surface area contributed by atoms with Gasteiger partial charge in [0.15, 0.2) is 5.75 Å². The molecule has 158 valence electrons. The van der Waals surface area contributed by atoms with Crippen molar-refractivity contribution < 1.29 is 24.1 Å². The zero-order chi connectivity index (χ0) is 22.0. The molecule has 0 bridgehead atoms. The predicted octanol–water partition coefficient (Wildman–Crippen LogP) is 4.35. The number of hydrogen-bond donors (Lipinski definition) is 1. The van der Waals surface area contributed by atoms with E-state index < -0.39 is 5.97 Å². The fourth-order valence-corrected chi connectivity index (χ4v) is 3.15. The molecule has 8 nitrogen and oxygen atoms in total. The summed E-state index contributed by atoms with van der Waals surface area (Å²) in [6, 6.07) is 15.6. The lowest BCUT2D eigenvalue weighted by Crippen LogP contribution is -2.04. The van der Waals surface area contributed by atoms with Crippen LogP contribution in [0.15, 0.2) is 54.6 Å². The summed E-state index contributed by atoms with van der Waals surface area (Å²) in [7, 11) is 3.44. The topological polar surface area (TPSA) is 95.7 Å². The largest absolute Gasteiger partial charge is 0.486 e. The van der Waals surface area contributed by atoms with Crippen LogP contribution in [0.4, 0.5) is 0 Å². The number of pyridine rings is 1. The second kappa shape index (κ2) is 8.35. The lowest BCUT2D eigenvalue weighted by Gasteiger charge is -2.10. The summed E-state index contributed by atoms with van der Waals surface area (Å²) in [5.74, 6) is 1.74. The van der Waals surface area contributed by atoms with E-state index in [4.69, 9.17) is 19.3 Å². The molecular formula is C23H21N3O5. The maximum absolute atomic E-state index is 11.1. The highest BCUT2D eigenvalue weighted by molar-refractivity contribution is 5.88. The Bertz CT molecular complexity index is 1270. The third-order valence-corrected chi connectivity index (χ3v) is 4.78. The molecule has 0 spiro atoms. The summed E-state index contributed by atoms with van der Waals surface area (Å²) in [6.45, 7) is 2.08. The van der Waals surface area contributed by atoms with Gasteiger partial charge in [0, 0.05) is 18.8 Å². The van der Waals surface area contributed by atoms with Crippen LogP contribution in [0.25, 0.3) is 11.0 Å². The standard InChI is InChI=1S/C23H21N3O5/c1-14-7-10-20(22(24-14)29-3)31-17-8-9-18-19(12-17)26(2)21(25-18)13-30-16-6-4-5-15(11-16)23(27)28/h4-12H,13H2,1-3H3,(H,27,28). The van der Waals surface area contributed by atoms with Gasteiger partial charge in [-0.05, 0) is 49.4 Å². The maximum Gasteiger partial charge on any atom is 0.335 e. The van der Waals surface area contributed by atoms with Gasteiger partial charge in [-0.1, -0.05) is 6.07 Å². The van der Waals surface area contributed by atoms with Crippen molar-refractivity contribution in [3.8, 4) is 23.1 Å². The van der Waals surface area contributed by atoms with Crippen LogP contribution >= 0.6 is 0 Å². The van der Waals surface area contributed by atoms with Gasteiger partial charge in [-0.15, -0.1) is 0 Å². The third kappa shape index (κ3) is 4.28. The van der Waals surface area contributed by atoms with Crippen molar-refractivity contribution in [2.45, 2.75) is 13.5 Å². The van der Waals surface area contributed by atoms with E-state index in [1.54, 1.807) is 19.2 Å². The van der Waals surface area contributed by atoms with Gasteiger partial charge < -0.3 is 23.9 Å². The lowest BCUT2D eigenvalue weighted by atomic mass is 10.2. The summed E-state index contributed by atoms with van der Waals surface area (Å²) >= 11 is 0. The van der Waals surface area contributed by atoms with Crippen LogP contribution in [0.3, 0.4) is 0 Å². The van der Waals surface area contributed by atoms with Crippen LogP contribution in [-0.2, 0) is 13.7 Å². The fourth-order valence-electron chi connectivity index (χ4n) is 3.15. The van der Waals surface area contributed by atoms with E-state index in [2.05, 4.69) is 9.97 Å². The third-order valence-electron chi connectivity index (χ3n) is 4.78. The number of benzene rings is 2. The Labute approximate surface area is 178 Å².